The van der Waals surface area contributed by atoms with E-state index in [-0.39, 0.29) is 24.5 Å². The Morgan fingerprint density at radius 2 is 2.29 bits per heavy atom. The molecular formula is C15H23N5O. The number of hydrogen-bond acceptors (Lipinski definition) is 4. The monoisotopic (exact) mass is 289 g/mol. The molecule has 1 aliphatic rings. The van der Waals surface area contributed by atoms with Gasteiger partial charge in [0.25, 0.3) is 0 Å². The molecule has 0 unspecified atom stereocenters. The molecule has 6 nitrogen and oxygen atoms in total. The van der Waals surface area contributed by atoms with Gasteiger partial charge in [-0.2, -0.15) is 10.4 Å². The molecule has 0 bridgehead atoms. The first-order chi connectivity index (χ1) is 9.96. The predicted molar refractivity (Wildman–Crippen MR) is 79.3 cm³/mol. The summed E-state index contributed by atoms with van der Waals surface area (Å²) in [5.41, 5.74) is -0.727. The van der Waals surface area contributed by atoms with Gasteiger partial charge in [-0.1, -0.05) is 0 Å². The molecule has 3 atom stereocenters. The zero-order valence-corrected chi connectivity index (χ0v) is 12.8. The summed E-state index contributed by atoms with van der Waals surface area (Å²) >= 11 is 0. The Morgan fingerprint density at radius 3 is 2.81 bits per heavy atom. The topological polar surface area (TPSA) is 82.7 Å². The van der Waals surface area contributed by atoms with Crippen LogP contribution < -0.4 is 10.6 Å². The molecule has 21 heavy (non-hydrogen) atoms. The van der Waals surface area contributed by atoms with E-state index in [1.54, 1.807) is 13.1 Å². The molecule has 1 fully saturated rings. The van der Waals surface area contributed by atoms with Crippen LogP contribution in [0.4, 0.5) is 0 Å². The molecule has 2 rings (SSSR count). The number of hydrogen-bond donors (Lipinski definition) is 2. The fourth-order valence-electron chi connectivity index (χ4n) is 2.39. The number of nitrogens with one attached hydrogen (secondary N) is 2. The number of carbonyl (C=O) groups is 1. The minimum atomic E-state index is -0.727. The highest BCUT2D eigenvalue weighted by Gasteiger charge is 2.42. The van der Waals surface area contributed by atoms with Crippen molar-refractivity contribution in [3.05, 3.63) is 18.5 Å². The van der Waals surface area contributed by atoms with Gasteiger partial charge in [0.05, 0.1) is 18.7 Å². The number of carbonyl (C=O) groups excluding carboxylic acids is 1. The molecule has 1 aliphatic carbocycles. The minimum absolute atomic E-state index is 0.102. The molecule has 114 valence electrons. The summed E-state index contributed by atoms with van der Waals surface area (Å²) in [6.45, 7) is 6.07. The molecule has 0 aliphatic heterocycles. The number of aromatic nitrogens is 2. The summed E-state index contributed by atoms with van der Waals surface area (Å²) in [5.74, 6) is 0.164. The van der Waals surface area contributed by atoms with Crippen molar-refractivity contribution in [2.75, 3.05) is 6.54 Å². The molecule has 1 amide bonds. The number of nitriles is 1. The Hall–Kier alpha value is -1.87. The minimum Gasteiger partial charge on any atom is -0.337 e. The van der Waals surface area contributed by atoms with Gasteiger partial charge >= 0.3 is 0 Å². The lowest BCUT2D eigenvalue weighted by Crippen LogP contribution is -2.51. The van der Waals surface area contributed by atoms with E-state index in [0.29, 0.717) is 5.92 Å². The largest absolute Gasteiger partial charge is 0.337 e. The smallest absolute Gasteiger partial charge is 0.235 e. The van der Waals surface area contributed by atoms with Crippen LogP contribution in [0.5, 0.6) is 0 Å². The quantitative estimate of drug-likeness (QED) is 0.791. The number of amides is 1. The summed E-state index contributed by atoms with van der Waals surface area (Å²) in [6, 6.07) is 4.36. The van der Waals surface area contributed by atoms with Crippen LogP contribution in [0.15, 0.2) is 18.5 Å². The van der Waals surface area contributed by atoms with Crippen LogP contribution >= 0.6 is 0 Å². The zero-order chi connectivity index (χ0) is 15.5. The van der Waals surface area contributed by atoms with Gasteiger partial charge in [0, 0.05) is 18.4 Å². The third-order valence-corrected chi connectivity index (χ3v) is 4.28. The highest BCUT2D eigenvalue weighted by molar-refractivity contribution is 5.79. The van der Waals surface area contributed by atoms with Gasteiger partial charge in [0.2, 0.25) is 5.91 Å². The van der Waals surface area contributed by atoms with Crippen LogP contribution in [0, 0.1) is 17.2 Å². The summed E-state index contributed by atoms with van der Waals surface area (Å²) in [6.07, 6.45) is 5.68. The Labute approximate surface area is 125 Å². The standard InChI is InChI=1S/C15H23N5O/c1-11(12(2)20-8-4-7-18-20)17-9-14(21)19-15(3,10-16)13-5-6-13/h4,7-8,11-13,17H,5-6,9H2,1-3H3,(H,19,21)/t11-,12-,15-/m0/s1. The lowest BCUT2D eigenvalue weighted by atomic mass is 9.98. The molecule has 0 saturated heterocycles. The van der Waals surface area contributed by atoms with Crippen molar-refractivity contribution in [3.63, 3.8) is 0 Å². The highest BCUT2D eigenvalue weighted by Crippen LogP contribution is 2.39. The van der Waals surface area contributed by atoms with Crippen LogP contribution in [0.3, 0.4) is 0 Å². The molecule has 0 aromatic carbocycles. The number of nitrogens with zero attached hydrogens (tertiary/aromatic N) is 3. The van der Waals surface area contributed by atoms with E-state index in [9.17, 15) is 10.1 Å². The second-order valence-electron chi connectivity index (χ2n) is 6.03. The molecule has 1 aromatic heterocycles. The van der Waals surface area contributed by atoms with Gasteiger partial charge in [0.15, 0.2) is 0 Å². The maximum Gasteiger partial charge on any atom is 0.235 e. The summed E-state index contributed by atoms with van der Waals surface area (Å²) in [4.78, 5) is 12.0. The second kappa shape index (κ2) is 6.27. The van der Waals surface area contributed by atoms with Crippen LogP contribution in [-0.4, -0.2) is 33.8 Å². The molecule has 1 saturated carbocycles. The average molecular weight is 289 g/mol. The van der Waals surface area contributed by atoms with Gasteiger partial charge in [-0.3, -0.25) is 9.48 Å². The Balaban J connectivity index is 1.80. The highest BCUT2D eigenvalue weighted by atomic mass is 16.2. The average Bonchev–Trinajstić information content (AvgIpc) is 3.20. The summed E-state index contributed by atoms with van der Waals surface area (Å²) in [7, 11) is 0. The van der Waals surface area contributed by atoms with Crippen molar-refractivity contribution in [1.82, 2.24) is 20.4 Å². The van der Waals surface area contributed by atoms with E-state index in [0.717, 1.165) is 12.8 Å². The van der Waals surface area contributed by atoms with Crippen molar-refractivity contribution in [3.8, 4) is 6.07 Å². The van der Waals surface area contributed by atoms with Crippen LogP contribution in [0.2, 0.25) is 0 Å². The van der Waals surface area contributed by atoms with E-state index in [1.165, 1.54) is 0 Å². The molecule has 6 heteroatoms. The van der Waals surface area contributed by atoms with Gasteiger partial charge in [-0.25, -0.2) is 0 Å². The molecule has 1 aromatic rings. The lowest BCUT2D eigenvalue weighted by molar-refractivity contribution is -0.121. The van der Waals surface area contributed by atoms with Crippen molar-refractivity contribution in [1.29, 1.82) is 5.26 Å². The van der Waals surface area contributed by atoms with E-state index in [4.69, 9.17) is 0 Å². The number of rotatable bonds is 7. The summed E-state index contributed by atoms with van der Waals surface area (Å²) < 4.78 is 1.86. The maximum absolute atomic E-state index is 12.0. The van der Waals surface area contributed by atoms with Gasteiger partial charge < -0.3 is 10.6 Å². The molecule has 0 spiro atoms. The SMILES string of the molecule is C[C@H](NCC(=O)N[C@@](C)(C#N)C1CC1)[C@H](C)n1cccn1. The first kappa shape index (κ1) is 15.5. The van der Waals surface area contributed by atoms with Crippen molar-refractivity contribution >= 4 is 5.91 Å². The fraction of sp³-hybridized carbons (Fsp3) is 0.667. The first-order valence-corrected chi connectivity index (χ1v) is 7.41. The van der Waals surface area contributed by atoms with Crippen LogP contribution in [0.25, 0.3) is 0 Å². The van der Waals surface area contributed by atoms with E-state index >= 15 is 0 Å². The van der Waals surface area contributed by atoms with Crippen LogP contribution in [-0.2, 0) is 4.79 Å². The Kier molecular flexibility index (Phi) is 4.63. The third-order valence-electron chi connectivity index (χ3n) is 4.28. The Morgan fingerprint density at radius 1 is 1.57 bits per heavy atom. The first-order valence-electron chi connectivity index (χ1n) is 7.41. The molecule has 2 N–H and O–H groups in total. The molecule has 1 heterocycles. The van der Waals surface area contributed by atoms with Gasteiger partial charge in [0.1, 0.15) is 5.54 Å². The van der Waals surface area contributed by atoms with E-state index in [1.807, 2.05) is 30.8 Å². The predicted octanol–water partition coefficient (Wildman–Crippen LogP) is 1.23. The Bertz CT molecular complexity index is 517. The summed E-state index contributed by atoms with van der Waals surface area (Å²) in [5, 5.41) is 19.5. The van der Waals surface area contributed by atoms with Crippen molar-refractivity contribution in [2.45, 2.75) is 51.2 Å². The maximum atomic E-state index is 12.0. The van der Waals surface area contributed by atoms with Gasteiger partial charge in [-0.15, -0.1) is 0 Å². The molecular weight excluding hydrogens is 266 g/mol. The van der Waals surface area contributed by atoms with Crippen LogP contribution in [0.1, 0.15) is 39.7 Å². The van der Waals surface area contributed by atoms with Gasteiger partial charge in [-0.05, 0) is 45.6 Å². The molecule has 0 radical (unpaired) electrons. The second-order valence-corrected chi connectivity index (χ2v) is 6.03. The zero-order valence-electron chi connectivity index (χ0n) is 12.8. The fourth-order valence-corrected chi connectivity index (χ4v) is 2.39. The van der Waals surface area contributed by atoms with Crippen molar-refractivity contribution in [2.24, 2.45) is 5.92 Å². The van der Waals surface area contributed by atoms with E-state index < -0.39 is 5.54 Å². The van der Waals surface area contributed by atoms with Crippen molar-refractivity contribution < 1.29 is 4.79 Å². The lowest BCUT2D eigenvalue weighted by Gasteiger charge is -2.25. The normalized spacial score (nSPS) is 20.1. The third kappa shape index (κ3) is 3.82. The van der Waals surface area contributed by atoms with E-state index in [2.05, 4.69) is 21.8 Å².